The van der Waals surface area contributed by atoms with Crippen LogP contribution in [0.25, 0.3) is 5.57 Å². The first-order valence-electron chi connectivity index (χ1n) is 8.47. The fraction of sp³-hybridized carbons (Fsp3) is 0.688. The lowest BCUT2D eigenvalue weighted by atomic mass is 9.88. The van der Waals surface area contributed by atoms with Gasteiger partial charge in [-0.25, -0.2) is 13.2 Å². The Kier molecular flexibility index (Phi) is 4.86. The molecule has 0 spiro atoms. The molecule has 0 radical (unpaired) electrons. The number of aliphatic hydroxyl groups excluding tert-OH is 1. The minimum atomic E-state index is -2.66. The molecule has 2 aliphatic carbocycles. The number of nitrogens with one attached hydrogen (secondary N) is 2. The standard InChI is InChI=1S/C16H22F3N5O/c1-8(2)20-14-22-13(10-4-3-5-11(25)12(10)17)23-15(24-14)21-9-6-16(18,19)7-9/h8-9,11,25H,3-7H2,1-2H3,(H2,20,21,22,23,24)/t11-/m1/s1. The zero-order chi connectivity index (χ0) is 18.2. The maximum atomic E-state index is 14.3. The normalized spacial score (nSPS) is 23.6. The number of halogens is 3. The largest absolute Gasteiger partial charge is 0.386 e. The number of allylic oxidation sites excluding steroid dienone is 1. The molecule has 1 aromatic rings. The second-order valence-corrected chi connectivity index (χ2v) is 6.95. The van der Waals surface area contributed by atoms with E-state index in [4.69, 9.17) is 0 Å². The molecule has 0 aliphatic heterocycles. The third kappa shape index (κ3) is 4.20. The van der Waals surface area contributed by atoms with Crippen molar-refractivity contribution in [3.8, 4) is 0 Å². The predicted molar refractivity (Wildman–Crippen MR) is 88.1 cm³/mol. The smallest absolute Gasteiger partial charge is 0.252 e. The molecule has 3 rings (SSSR count). The van der Waals surface area contributed by atoms with Gasteiger partial charge in [0.05, 0.1) is 0 Å². The molecule has 2 aliphatic rings. The van der Waals surface area contributed by atoms with Gasteiger partial charge in [-0.05, 0) is 33.1 Å². The Balaban J connectivity index is 1.89. The summed E-state index contributed by atoms with van der Waals surface area (Å²) in [6.45, 7) is 3.79. The van der Waals surface area contributed by atoms with Gasteiger partial charge in [0.25, 0.3) is 5.92 Å². The van der Waals surface area contributed by atoms with Crippen LogP contribution >= 0.6 is 0 Å². The Morgan fingerprint density at radius 3 is 2.48 bits per heavy atom. The van der Waals surface area contributed by atoms with E-state index in [2.05, 4.69) is 25.6 Å². The molecule has 1 saturated carbocycles. The van der Waals surface area contributed by atoms with Gasteiger partial charge in [-0.3, -0.25) is 0 Å². The second kappa shape index (κ2) is 6.78. The van der Waals surface area contributed by atoms with Crippen molar-refractivity contribution in [2.75, 3.05) is 10.6 Å². The number of rotatable bonds is 5. The van der Waals surface area contributed by atoms with Gasteiger partial charge >= 0.3 is 0 Å². The number of alkyl halides is 2. The lowest BCUT2D eigenvalue weighted by Gasteiger charge is -2.35. The van der Waals surface area contributed by atoms with Crippen LogP contribution in [-0.4, -0.2) is 44.2 Å². The van der Waals surface area contributed by atoms with E-state index in [0.717, 1.165) is 0 Å². The van der Waals surface area contributed by atoms with Gasteiger partial charge in [0.2, 0.25) is 11.9 Å². The summed E-state index contributed by atoms with van der Waals surface area (Å²) in [5.41, 5.74) is 0.245. The molecule has 0 amide bonds. The van der Waals surface area contributed by atoms with Crippen molar-refractivity contribution in [1.29, 1.82) is 0 Å². The van der Waals surface area contributed by atoms with Crippen LogP contribution in [0.1, 0.15) is 51.8 Å². The number of hydrogen-bond acceptors (Lipinski definition) is 6. The number of aliphatic hydroxyl groups is 1. The Bertz CT molecular complexity index is 672. The third-order valence-electron chi connectivity index (χ3n) is 4.23. The number of nitrogens with zero attached hydrogens (tertiary/aromatic N) is 3. The van der Waals surface area contributed by atoms with Crippen molar-refractivity contribution in [2.24, 2.45) is 0 Å². The molecule has 0 bridgehead atoms. The Labute approximate surface area is 144 Å². The van der Waals surface area contributed by atoms with Gasteiger partial charge in [-0.15, -0.1) is 0 Å². The van der Waals surface area contributed by atoms with Crippen molar-refractivity contribution in [2.45, 2.75) is 70.1 Å². The first kappa shape index (κ1) is 17.9. The molecule has 9 heteroatoms. The van der Waals surface area contributed by atoms with E-state index in [9.17, 15) is 18.3 Å². The summed E-state index contributed by atoms with van der Waals surface area (Å²) in [6.07, 6.45) is -0.314. The SMILES string of the molecule is CC(C)Nc1nc(NC2CC(F)(F)C2)nc(C2=C(F)[C@H](O)CCC2)n1. The highest BCUT2D eigenvalue weighted by molar-refractivity contribution is 5.65. The zero-order valence-corrected chi connectivity index (χ0v) is 14.2. The van der Waals surface area contributed by atoms with Crippen molar-refractivity contribution in [3.05, 3.63) is 11.7 Å². The van der Waals surface area contributed by atoms with Crippen molar-refractivity contribution in [1.82, 2.24) is 15.0 Å². The lowest BCUT2D eigenvalue weighted by Crippen LogP contribution is -2.44. The van der Waals surface area contributed by atoms with Gasteiger partial charge in [0.1, 0.15) is 11.9 Å². The van der Waals surface area contributed by atoms with Gasteiger partial charge in [0.15, 0.2) is 5.82 Å². The molecule has 6 nitrogen and oxygen atoms in total. The highest BCUT2D eigenvalue weighted by atomic mass is 19.3. The molecule has 0 aromatic carbocycles. The van der Waals surface area contributed by atoms with Crippen molar-refractivity contribution in [3.63, 3.8) is 0 Å². The molecular weight excluding hydrogens is 335 g/mol. The van der Waals surface area contributed by atoms with Crippen LogP contribution in [0.3, 0.4) is 0 Å². The van der Waals surface area contributed by atoms with E-state index in [1.165, 1.54) is 0 Å². The van der Waals surface area contributed by atoms with Crippen LogP contribution in [0, 0.1) is 0 Å². The highest BCUT2D eigenvalue weighted by Gasteiger charge is 2.45. The number of aromatic nitrogens is 3. The van der Waals surface area contributed by atoms with Crippen LogP contribution in [-0.2, 0) is 0 Å². The fourth-order valence-electron chi connectivity index (χ4n) is 2.98. The van der Waals surface area contributed by atoms with Gasteiger partial charge in [0, 0.05) is 30.5 Å². The van der Waals surface area contributed by atoms with Crippen molar-refractivity contribution >= 4 is 17.5 Å². The quantitative estimate of drug-likeness (QED) is 0.751. The molecule has 1 heterocycles. The Morgan fingerprint density at radius 2 is 1.84 bits per heavy atom. The average Bonchev–Trinajstić information content (AvgIpc) is 2.47. The molecule has 1 aromatic heterocycles. The first-order chi connectivity index (χ1) is 11.7. The molecule has 25 heavy (non-hydrogen) atoms. The molecule has 0 unspecified atom stereocenters. The predicted octanol–water partition coefficient (Wildman–Crippen LogP) is 3.13. The number of hydrogen-bond donors (Lipinski definition) is 3. The minimum Gasteiger partial charge on any atom is -0.386 e. The van der Waals surface area contributed by atoms with E-state index in [-0.39, 0.29) is 42.2 Å². The van der Waals surface area contributed by atoms with Crippen LogP contribution in [0.15, 0.2) is 5.83 Å². The third-order valence-corrected chi connectivity index (χ3v) is 4.23. The average molecular weight is 357 g/mol. The van der Waals surface area contributed by atoms with Crippen LogP contribution in [0.4, 0.5) is 25.1 Å². The maximum Gasteiger partial charge on any atom is 0.252 e. The molecule has 3 N–H and O–H groups in total. The van der Waals surface area contributed by atoms with E-state index in [1.54, 1.807) is 0 Å². The van der Waals surface area contributed by atoms with Crippen LogP contribution < -0.4 is 10.6 Å². The summed E-state index contributed by atoms with van der Waals surface area (Å²) in [6, 6.07) is -0.389. The van der Waals surface area contributed by atoms with E-state index >= 15 is 0 Å². The number of anilines is 2. The summed E-state index contributed by atoms with van der Waals surface area (Å²) in [5, 5.41) is 15.6. The molecular formula is C16H22F3N5O. The van der Waals surface area contributed by atoms with E-state index < -0.39 is 23.9 Å². The summed E-state index contributed by atoms with van der Waals surface area (Å²) in [5.74, 6) is -2.78. The molecule has 1 fully saturated rings. The summed E-state index contributed by atoms with van der Waals surface area (Å²) >= 11 is 0. The second-order valence-electron chi connectivity index (χ2n) is 6.95. The molecule has 0 saturated heterocycles. The van der Waals surface area contributed by atoms with Gasteiger partial charge in [-0.2, -0.15) is 15.0 Å². The fourth-order valence-corrected chi connectivity index (χ4v) is 2.98. The Morgan fingerprint density at radius 1 is 1.16 bits per heavy atom. The summed E-state index contributed by atoms with van der Waals surface area (Å²) in [7, 11) is 0. The van der Waals surface area contributed by atoms with Crippen LogP contribution in [0.5, 0.6) is 0 Å². The topological polar surface area (TPSA) is 83.0 Å². The van der Waals surface area contributed by atoms with E-state index in [0.29, 0.717) is 19.3 Å². The minimum absolute atomic E-state index is 0.0342. The monoisotopic (exact) mass is 357 g/mol. The molecule has 138 valence electrons. The van der Waals surface area contributed by atoms with E-state index in [1.807, 2.05) is 13.8 Å². The van der Waals surface area contributed by atoms with Crippen LogP contribution in [0.2, 0.25) is 0 Å². The van der Waals surface area contributed by atoms with Crippen molar-refractivity contribution < 1.29 is 18.3 Å². The Hall–Kier alpha value is -1.90. The lowest BCUT2D eigenvalue weighted by molar-refractivity contribution is -0.0794. The zero-order valence-electron chi connectivity index (χ0n) is 14.2. The maximum absolute atomic E-state index is 14.3. The summed E-state index contributed by atoms with van der Waals surface area (Å²) < 4.78 is 40.3. The highest BCUT2D eigenvalue weighted by Crippen LogP contribution is 2.39. The van der Waals surface area contributed by atoms with Gasteiger partial charge < -0.3 is 15.7 Å². The molecule has 1 atom stereocenters. The first-order valence-corrected chi connectivity index (χ1v) is 8.47. The summed E-state index contributed by atoms with van der Waals surface area (Å²) in [4.78, 5) is 12.6. The van der Waals surface area contributed by atoms with Gasteiger partial charge in [-0.1, -0.05) is 0 Å².